The SMILES string of the molecule is COC(=O)c1ccc(CN2CCC(CN(C(=O)C(F)(F)F)C3CC3c3ccccc3)CC2)c(C#N)c1. The maximum Gasteiger partial charge on any atom is 0.471 e. The number of methoxy groups -OCH3 is 1. The van der Waals surface area contributed by atoms with Gasteiger partial charge in [-0.2, -0.15) is 18.4 Å². The third-order valence-electron chi connectivity index (χ3n) is 7.10. The molecule has 2 aromatic carbocycles. The van der Waals surface area contributed by atoms with Crippen LogP contribution in [0.25, 0.3) is 0 Å². The first-order valence-electron chi connectivity index (χ1n) is 12.0. The first kappa shape index (κ1) is 25.7. The van der Waals surface area contributed by atoms with E-state index in [1.807, 2.05) is 30.3 Å². The Bertz CT molecular complexity index is 1140. The van der Waals surface area contributed by atoms with Gasteiger partial charge in [-0.15, -0.1) is 0 Å². The van der Waals surface area contributed by atoms with Gasteiger partial charge in [-0.3, -0.25) is 9.69 Å². The van der Waals surface area contributed by atoms with Crippen molar-refractivity contribution in [1.29, 1.82) is 5.26 Å². The van der Waals surface area contributed by atoms with Crippen molar-refractivity contribution in [1.82, 2.24) is 9.80 Å². The van der Waals surface area contributed by atoms with Crippen LogP contribution in [-0.4, -0.2) is 60.6 Å². The monoisotopic (exact) mass is 499 g/mol. The molecule has 36 heavy (non-hydrogen) atoms. The molecule has 2 aliphatic rings. The van der Waals surface area contributed by atoms with Crippen LogP contribution in [0.4, 0.5) is 13.2 Å². The lowest BCUT2D eigenvalue weighted by Gasteiger charge is -2.35. The molecule has 9 heteroatoms. The van der Waals surface area contributed by atoms with E-state index < -0.39 is 24.1 Å². The zero-order valence-electron chi connectivity index (χ0n) is 20.0. The van der Waals surface area contributed by atoms with E-state index >= 15 is 0 Å². The number of likely N-dealkylation sites (tertiary alicyclic amines) is 1. The number of hydrogen-bond acceptors (Lipinski definition) is 5. The molecule has 0 radical (unpaired) electrons. The molecule has 1 aliphatic heterocycles. The number of carbonyl (C=O) groups is 2. The minimum Gasteiger partial charge on any atom is -0.465 e. The summed E-state index contributed by atoms with van der Waals surface area (Å²) >= 11 is 0. The fourth-order valence-corrected chi connectivity index (χ4v) is 5.03. The molecule has 0 bridgehead atoms. The number of benzene rings is 2. The van der Waals surface area contributed by atoms with Crippen LogP contribution in [0.3, 0.4) is 0 Å². The van der Waals surface area contributed by atoms with Gasteiger partial charge in [0.15, 0.2) is 0 Å². The average molecular weight is 500 g/mol. The molecule has 1 saturated carbocycles. The Labute approximate surface area is 208 Å². The number of esters is 1. The van der Waals surface area contributed by atoms with Gasteiger partial charge in [-0.1, -0.05) is 36.4 Å². The van der Waals surface area contributed by atoms with Gasteiger partial charge >= 0.3 is 18.1 Å². The minimum atomic E-state index is -4.89. The summed E-state index contributed by atoms with van der Waals surface area (Å²) in [5, 5.41) is 9.50. The van der Waals surface area contributed by atoms with E-state index in [0.29, 0.717) is 50.0 Å². The predicted molar refractivity (Wildman–Crippen MR) is 126 cm³/mol. The van der Waals surface area contributed by atoms with Crippen LogP contribution in [0.15, 0.2) is 48.5 Å². The highest BCUT2D eigenvalue weighted by Crippen LogP contribution is 2.46. The quantitative estimate of drug-likeness (QED) is 0.525. The maximum absolute atomic E-state index is 13.4. The van der Waals surface area contributed by atoms with Gasteiger partial charge in [-0.05, 0) is 61.5 Å². The highest BCUT2D eigenvalue weighted by atomic mass is 19.4. The molecule has 2 unspecified atom stereocenters. The molecule has 1 aliphatic carbocycles. The van der Waals surface area contributed by atoms with Crippen LogP contribution in [0.2, 0.25) is 0 Å². The summed E-state index contributed by atoms with van der Waals surface area (Å²) in [5.74, 6) is -2.35. The number of amides is 1. The minimum absolute atomic E-state index is 0.0262. The van der Waals surface area contributed by atoms with E-state index in [4.69, 9.17) is 4.74 Å². The van der Waals surface area contributed by atoms with Crippen molar-refractivity contribution < 1.29 is 27.5 Å². The first-order valence-corrected chi connectivity index (χ1v) is 12.0. The lowest BCUT2D eigenvalue weighted by molar-refractivity contribution is -0.187. The Morgan fingerprint density at radius 2 is 1.83 bits per heavy atom. The molecule has 6 nitrogen and oxygen atoms in total. The summed E-state index contributed by atoms with van der Waals surface area (Å²) in [7, 11) is 1.28. The normalized spacial score (nSPS) is 20.4. The molecule has 0 spiro atoms. The van der Waals surface area contributed by atoms with Crippen molar-refractivity contribution in [2.24, 2.45) is 5.92 Å². The van der Waals surface area contributed by atoms with Crippen LogP contribution in [0.1, 0.15) is 52.2 Å². The van der Waals surface area contributed by atoms with E-state index in [1.54, 1.807) is 12.1 Å². The molecule has 2 fully saturated rings. The molecule has 0 aromatic heterocycles. The van der Waals surface area contributed by atoms with E-state index in [2.05, 4.69) is 11.0 Å². The maximum atomic E-state index is 13.4. The zero-order valence-corrected chi connectivity index (χ0v) is 20.0. The van der Waals surface area contributed by atoms with E-state index in [1.165, 1.54) is 13.2 Å². The Kier molecular flexibility index (Phi) is 7.65. The van der Waals surface area contributed by atoms with Crippen molar-refractivity contribution in [3.63, 3.8) is 0 Å². The number of ether oxygens (including phenoxy) is 1. The molecule has 2 aromatic rings. The van der Waals surface area contributed by atoms with Gasteiger partial charge in [0.05, 0.1) is 24.3 Å². The van der Waals surface area contributed by atoms with Gasteiger partial charge in [0.1, 0.15) is 0 Å². The fourth-order valence-electron chi connectivity index (χ4n) is 5.03. The van der Waals surface area contributed by atoms with Crippen molar-refractivity contribution in [3.05, 3.63) is 70.8 Å². The van der Waals surface area contributed by atoms with Crippen molar-refractivity contribution in [3.8, 4) is 6.07 Å². The highest BCUT2D eigenvalue weighted by molar-refractivity contribution is 5.89. The highest BCUT2D eigenvalue weighted by Gasteiger charge is 2.52. The zero-order chi connectivity index (χ0) is 25.9. The first-order chi connectivity index (χ1) is 17.2. The number of nitriles is 1. The second-order valence-corrected chi connectivity index (χ2v) is 9.47. The summed E-state index contributed by atoms with van der Waals surface area (Å²) in [6.45, 7) is 1.89. The fraction of sp³-hybridized carbons (Fsp3) is 0.444. The molecule has 1 saturated heterocycles. The van der Waals surface area contributed by atoms with Gasteiger partial charge < -0.3 is 9.64 Å². The number of rotatable bonds is 7. The standard InChI is InChI=1S/C27H28F3N3O3/c1-36-25(34)20-7-8-21(22(13-20)15-31)17-32-11-9-18(10-12-32)16-33(26(35)27(28,29)30)24-14-23(24)19-5-3-2-4-6-19/h2-8,13,18,23-24H,9-12,14,16-17H2,1H3. The molecule has 0 N–H and O–H groups in total. The summed E-state index contributed by atoms with van der Waals surface area (Å²) in [4.78, 5) is 27.2. The third kappa shape index (κ3) is 5.88. The second kappa shape index (κ2) is 10.7. The molecule has 1 amide bonds. The molecular formula is C27H28F3N3O3. The largest absolute Gasteiger partial charge is 0.471 e. The summed E-state index contributed by atoms with van der Waals surface area (Å²) in [6.07, 6.45) is -3.03. The Morgan fingerprint density at radius 1 is 1.14 bits per heavy atom. The van der Waals surface area contributed by atoms with E-state index in [9.17, 15) is 28.0 Å². The van der Waals surface area contributed by atoms with Gasteiger partial charge in [0.25, 0.3) is 0 Å². The Hall–Kier alpha value is -3.38. The third-order valence-corrected chi connectivity index (χ3v) is 7.10. The number of nitrogens with zero attached hydrogens (tertiary/aromatic N) is 3. The molecule has 2 atom stereocenters. The summed E-state index contributed by atoms with van der Waals surface area (Å²) in [5.41, 5.74) is 2.44. The van der Waals surface area contributed by atoms with Gasteiger partial charge in [-0.25, -0.2) is 4.79 Å². The molecule has 190 valence electrons. The molecule has 1 heterocycles. The van der Waals surface area contributed by atoms with Crippen LogP contribution in [0.5, 0.6) is 0 Å². The van der Waals surface area contributed by atoms with E-state index in [0.717, 1.165) is 16.0 Å². The summed E-state index contributed by atoms with van der Waals surface area (Å²) < 4.78 is 44.9. The topological polar surface area (TPSA) is 73.6 Å². The van der Waals surface area contributed by atoms with Crippen LogP contribution in [-0.2, 0) is 16.1 Å². The lowest BCUT2D eigenvalue weighted by Crippen LogP contribution is -2.47. The second-order valence-electron chi connectivity index (χ2n) is 9.47. The summed E-state index contributed by atoms with van der Waals surface area (Å²) in [6, 6.07) is 15.9. The van der Waals surface area contributed by atoms with E-state index in [-0.39, 0.29) is 18.4 Å². The number of alkyl halides is 3. The number of halogens is 3. The van der Waals surface area contributed by atoms with Crippen LogP contribution < -0.4 is 0 Å². The smallest absolute Gasteiger partial charge is 0.465 e. The number of hydrogen-bond donors (Lipinski definition) is 0. The van der Waals surface area contributed by atoms with Crippen molar-refractivity contribution in [2.45, 2.75) is 43.9 Å². The number of carbonyl (C=O) groups excluding carboxylic acids is 2. The van der Waals surface area contributed by atoms with Gasteiger partial charge in [0, 0.05) is 25.0 Å². The lowest BCUT2D eigenvalue weighted by atomic mass is 9.95. The molecular weight excluding hydrogens is 471 g/mol. The van der Waals surface area contributed by atoms with Crippen molar-refractivity contribution >= 4 is 11.9 Å². The Morgan fingerprint density at radius 3 is 2.44 bits per heavy atom. The average Bonchev–Trinajstić information content (AvgIpc) is 3.68. The predicted octanol–water partition coefficient (Wildman–Crippen LogP) is 4.50. The van der Waals surface area contributed by atoms with Crippen molar-refractivity contribution in [2.75, 3.05) is 26.7 Å². The van der Waals surface area contributed by atoms with Crippen LogP contribution in [0, 0.1) is 17.2 Å². The number of piperidine rings is 1. The van der Waals surface area contributed by atoms with Gasteiger partial charge in [0.2, 0.25) is 0 Å². The molecule has 4 rings (SSSR count). The Balaban J connectivity index is 1.37. The van der Waals surface area contributed by atoms with Crippen LogP contribution >= 0.6 is 0 Å².